The highest BCUT2D eigenvalue weighted by atomic mass is 79.9. The van der Waals surface area contributed by atoms with Gasteiger partial charge in [-0.1, -0.05) is 6.07 Å². The number of aliphatic hydroxyl groups excluding tert-OH is 1. The minimum absolute atomic E-state index is 0.0221. The number of aliphatic hydroxyl groups is 1. The van der Waals surface area contributed by atoms with Crippen LogP contribution in [-0.4, -0.2) is 52.3 Å². The number of likely N-dealkylation sites (tertiary alicyclic amines) is 1. The number of hydrogen-bond acceptors (Lipinski definition) is 4. The number of rotatable bonds is 4. The third-order valence-electron chi connectivity index (χ3n) is 3.32. The molecule has 1 aromatic rings. The van der Waals surface area contributed by atoms with Gasteiger partial charge in [-0.05, 0) is 40.5 Å². The number of nitrogens with zero attached hydrogens (tertiary/aromatic N) is 1. The van der Waals surface area contributed by atoms with Crippen molar-refractivity contribution in [2.24, 2.45) is 0 Å². The maximum absolute atomic E-state index is 12.1. The van der Waals surface area contributed by atoms with Crippen molar-refractivity contribution in [2.45, 2.75) is 25.5 Å². The number of benzene rings is 1. The Labute approximate surface area is 130 Å². The highest BCUT2D eigenvalue weighted by Crippen LogP contribution is 2.26. The summed E-state index contributed by atoms with van der Waals surface area (Å²) in [6, 6.07) is 4.46. The number of ether oxygens (including phenoxy) is 1. The fourth-order valence-electron chi connectivity index (χ4n) is 2.27. The fraction of sp³-hybridized carbons (Fsp3) is 0.429. The van der Waals surface area contributed by atoms with E-state index < -0.39 is 24.0 Å². The number of aliphatic carboxylic acids is 1. The summed E-state index contributed by atoms with van der Waals surface area (Å²) in [6.45, 7) is 1.69. The Balaban J connectivity index is 1.99. The maximum atomic E-state index is 12.1. The van der Waals surface area contributed by atoms with E-state index in [1.165, 1.54) is 0 Å². The average Bonchev–Trinajstić information content (AvgIpc) is 2.80. The summed E-state index contributed by atoms with van der Waals surface area (Å²) in [7, 11) is 0. The maximum Gasteiger partial charge on any atom is 0.326 e. The Morgan fingerprint density at radius 1 is 1.48 bits per heavy atom. The van der Waals surface area contributed by atoms with Crippen molar-refractivity contribution >= 4 is 27.8 Å². The van der Waals surface area contributed by atoms with Crippen LogP contribution in [0, 0.1) is 6.92 Å². The molecule has 6 nitrogen and oxygen atoms in total. The molecule has 2 N–H and O–H groups in total. The van der Waals surface area contributed by atoms with Crippen LogP contribution in [0.2, 0.25) is 0 Å². The Hall–Kier alpha value is -1.60. The third kappa shape index (κ3) is 3.74. The van der Waals surface area contributed by atoms with Gasteiger partial charge < -0.3 is 19.8 Å². The van der Waals surface area contributed by atoms with Gasteiger partial charge in [0.15, 0.2) is 6.61 Å². The number of halogens is 1. The smallest absolute Gasteiger partial charge is 0.326 e. The van der Waals surface area contributed by atoms with E-state index in [1.54, 1.807) is 6.07 Å². The minimum Gasteiger partial charge on any atom is -0.483 e. The molecule has 1 heterocycles. The molecule has 2 atom stereocenters. The zero-order valence-electron chi connectivity index (χ0n) is 11.5. The SMILES string of the molecule is Cc1ccc(OCC(=O)N2CC(O)CC2C(=O)O)c(Br)c1. The Morgan fingerprint density at radius 3 is 2.81 bits per heavy atom. The molecule has 1 fully saturated rings. The second kappa shape index (κ2) is 6.44. The van der Waals surface area contributed by atoms with Crippen LogP contribution in [0.15, 0.2) is 22.7 Å². The van der Waals surface area contributed by atoms with Crippen LogP contribution in [0.5, 0.6) is 5.75 Å². The first-order valence-corrected chi connectivity index (χ1v) is 7.27. The van der Waals surface area contributed by atoms with Gasteiger partial charge in [0.1, 0.15) is 11.8 Å². The summed E-state index contributed by atoms with van der Waals surface area (Å²) in [5.74, 6) is -1.05. The van der Waals surface area contributed by atoms with Crippen molar-refractivity contribution in [3.8, 4) is 5.75 Å². The molecule has 0 aromatic heterocycles. The second-order valence-corrected chi connectivity index (χ2v) is 5.87. The van der Waals surface area contributed by atoms with E-state index in [0.717, 1.165) is 14.9 Å². The summed E-state index contributed by atoms with van der Waals surface area (Å²) >= 11 is 3.34. The third-order valence-corrected chi connectivity index (χ3v) is 3.94. The molecule has 0 radical (unpaired) electrons. The van der Waals surface area contributed by atoms with Crippen molar-refractivity contribution in [1.82, 2.24) is 4.90 Å². The molecule has 1 aromatic carbocycles. The average molecular weight is 358 g/mol. The van der Waals surface area contributed by atoms with Gasteiger partial charge >= 0.3 is 5.97 Å². The van der Waals surface area contributed by atoms with E-state index in [9.17, 15) is 14.7 Å². The number of hydrogen-bond donors (Lipinski definition) is 2. The molecule has 0 bridgehead atoms. The minimum atomic E-state index is -1.11. The molecule has 2 unspecified atom stereocenters. The van der Waals surface area contributed by atoms with Crippen molar-refractivity contribution < 1.29 is 24.5 Å². The quantitative estimate of drug-likeness (QED) is 0.844. The summed E-state index contributed by atoms with van der Waals surface area (Å²) in [5, 5.41) is 18.6. The molecule has 0 saturated carbocycles. The van der Waals surface area contributed by atoms with E-state index in [2.05, 4.69) is 15.9 Å². The molecular weight excluding hydrogens is 342 g/mol. The molecule has 7 heteroatoms. The normalized spacial score (nSPS) is 21.4. The number of carbonyl (C=O) groups excluding carboxylic acids is 1. The van der Waals surface area contributed by atoms with Crippen molar-refractivity contribution in [1.29, 1.82) is 0 Å². The summed E-state index contributed by atoms with van der Waals surface area (Å²) in [5.41, 5.74) is 1.05. The lowest BCUT2D eigenvalue weighted by molar-refractivity contribution is -0.149. The standard InChI is InChI=1S/C14H16BrNO5/c1-8-2-3-12(10(15)4-8)21-7-13(18)16-6-9(17)5-11(16)14(19)20/h2-4,9,11,17H,5-7H2,1H3,(H,19,20). The van der Waals surface area contributed by atoms with E-state index in [1.807, 2.05) is 19.1 Å². The first-order valence-electron chi connectivity index (χ1n) is 6.47. The molecule has 114 valence electrons. The number of carbonyl (C=O) groups is 2. The van der Waals surface area contributed by atoms with Gasteiger partial charge in [0.05, 0.1) is 10.6 Å². The van der Waals surface area contributed by atoms with Gasteiger partial charge in [-0.2, -0.15) is 0 Å². The van der Waals surface area contributed by atoms with E-state index in [-0.39, 0.29) is 19.6 Å². The fourth-order valence-corrected chi connectivity index (χ4v) is 2.88. The van der Waals surface area contributed by atoms with Gasteiger partial charge in [0.2, 0.25) is 0 Å². The summed E-state index contributed by atoms with van der Waals surface area (Å²) in [4.78, 5) is 24.3. The predicted octanol–water partition coefficient (Wildman–Crippen LogP) is 1.18. The molecule has 1 aliphatic heterocycles. The molecule has 1 amide bonds. The molecule has 2 rings (SSSR count). The molecule has 0 aliphatic carbocycles. The zero-order chi connectivity index (χ0) is 15.6. The van der Waals surface area contributed by atoms with Crippen LogP contribution in [0.1, 0.15) is 12.0 Å². The second-order valence-electron chi connectivity index (χ2n) is 5.01. The Kier molecular flexibility index (Phi) is 4.84. The monoisotopic (exact) mass is 357 g/mol. The van der Waals surface area contributed by atoms with Gasteiger partial charge in [-0.15, -0.1) is 0 Å². The van der Waals surface area contributed by atoms with Crippen molar-refractivity contribution in [2.75, 3.05) is 13.2 Å². The lowest BCUT2D eigenvalue weighted by atomic mass is 10.2. The number of amides is 1. The zero-order valence-corrected chi connectivity index (χ0v) is 13.0. The van der Waals surface area contributed by atoms with Crippen LogP contribution < -0.4 is 4.74 Å². The first-order chi connectivity index (χ1) is 9.88. The molecule has 0 spiro atoms. The highest BCUT2D eigenvalue weighted by Gasteiger charge is 2.38. The van der Waals surface area contributed by atoms with Gasteiger partial charge in [-0.25, -0.2) is 4.79 Å². The Morgan fingerprint density at radius 2 is 2.19 bits per heavy atom. The summed E-state index contributed by atoms with van der Waals surface area (Å²) in [6.07, 6.45) is -0.754. The first kappa shape index (κ1) is 15.8. The molecule has 21 heavy (non-hydrogen) atoms. The Bertz CT molecular complexity index is 562. The van der Waals surface area contributed by atoms with E-state index >= 15 is 0 Å². The van der Waals surface area contributed by atoms with Gasteiger partial charge in [0.25, 0.3) is 5.91 Å². The molecule has 1 aliphatic rings. The van der Waals surface area contributed by atoms with Crippen LogP contribution in [0.4, 0.5) is 0 Å². The lowest BCUT2D eigenvalue weighted by Gasteiger charge is -2.21. The molecule has 1 saturated heterocycles. The topological polar surface area (TPSA) is 87.1 Å². The van der Waals surface area contributed by atoms with Crippen LogP contribution in [-0.2, 0) is 9.59 Å². The number of β-amino-alcohol motifs (C(OH)–C–C–N with tert-alkyl or cyclic N) is 1. The predicted molar refractivity (Wildman–Crippen MR) is 78.1 cm³/mol. The van der Waals surface area contributed by atoms with Crippen LogP contribution >= 0.6 is 15.9 Å². The lowest BCUT2D eigenvalue weighted by Crippen LogP contribution is -2.42. The van der Waals surface area contributed by atoms with Gasteiger partial charge in [0, 0.05) is 13.0 Å². The van der Waals surface area contributed by atoms with E-state index in [0.29, 0.717) is 5.75 Å². The highest BCUT2D eigenvalue weighted by molar-refractivity contribution is 9.10. The number of aryl methyl sites for hydroxylation is 1. The number of carboxylic acid groups (broad SMARTS) is 1. The summed E-state index contributed by atoms with van der Waals surface area (Å²) < 4.78 is 6.14. The van der Waals surface area contributed by atoms with Crippen LogP contribution in [0.25, 0.3) is 0 Å². The van der Waals surface area contributed by atoms with Crippen LogP contribution in [0.3, 0.4) is 0 Å². The number of carboxylic acids is 1. The largest absolute Gasteiger partial charge is 0.483 e. The molecular formula is C14H16BrNO5. The van der Waals surface area contributed by atoms with Crippen molar-refractivity contribution in [3.05, 3.63) is 28.2 Å². The van der Waals surface area contributed by atoms with Gasteiger partial charge in [-0.3, -0.25) is 4.79 Å². The van der Waals surface area contributed by atoms with Crippen molar-refractivity contribution in [3.63, 3.8) is 0 Å². The van der Waals surface area contributed by atoms with E-state index in [4.69, 9.17) is 9.84 Å².